The predicted molar refractivity (Wildman–Crippen MR) is 123 cm³/mol. The zero-order valence-corrected chi connectivity index (χ0v) is 19.4. The van der Waals surface area contributed by atoms with Crippen LogP contribution in [-0.2, 0) is 9.59 Å². The summed E-state index contributed by atoms with van der Waals surface area (Å²) in [6.07, 6.45) is 4.93. The van der Waals surface area contributed by atoms with Crippen LogP contribution in [0.2, 0.25) is 0 Å². The van der Waals surface area contributed by atoms with Gasteiger partial charge in [0.25, 0.3) is 0 Å². The van der Waals surface area contributed by atoms with Crippen LogP contribution in [0.4, 0.5) is 14.5 Å². The molecule has 2 amide bonds. The van der Waals surface area contributed by atoms with Gasteiger partial charge in [0.1, 0.15) is 17.3 Å². The molecule has 1 saturated carbocycles. The molecule has 1 aromatic carbocycles. The fraction of sp³-hybridized carbons (Fsp3) is 0.667. The Morgan fingerprint density at radius 3 is 2.27 bits per heavy atom. The fourth-order valence-corrected chi connectivity index (χ4v) is 5.32. The number of hydrogen-bond donors (Lipinski definition) is 2. The molecule has 9 heteroatoms. The van der Waals surface area contributed by atoms with Crippen LogP contribution in [-0.4, -0.2) is 80.0 Å². The van der Waals surface area contributed by atoms with Crippen LogP contribution < -0.4 is 16.0 Å². The Hall–Kier alpha value is -2.10. The van der Waals surface area contributed by atoms with Gasteiger partial charge in [0.2, 0.25) is 11.8 Å². The number of nitrogens with zero attached hydrogens (tertiary/aromatic N) is 3. The lowest BCUT2D eigenvalue weighted by Crippen LogP contribution is -2.49. The van der Waals surface area contributed by atoms with E-state index >= 15 is 0 Å². The third-order valence-corrected chi connectivity index (χ3v) is 7.50. The van der Waals surface area contributed by atoms with Crippen molar-refractivity contribution in [1.82, 2.24) is 15.1 Å². The number of rotatable bonds is 6. The maximum Gasteiger partial charge on any atom is 0.234 e. The van der Waals surface area contributed by atoms with Crippen molar-refractivity contribution in [2.75, 3.05) is 51.2 Å². The van der Waals surface area contributed by atoms with E-state index in [2.05, 4.69) is 22.2 Å². The van der Waals surface area contributed by atoms with E-state index in [1.54, 1.807) is 4.90 Å². The lowest BCUT2D eigenvalue weighted by atomic mass is 9.90. The largest absolute Gasteiger partial charge is 0.364 e. The molecule has 4 rings (SSSR count). The maximum absolute atomic E-state index is 14.9. The lowest BCUT2D eigenvalue weighted by Gasteiger charge is -2.38. The molecule has 1 unspecified atom stereocenters. The Morgan fingerprint density at radius 1 is 1.03 bits per heavy atom. The molecule has 2 heterocycles. The van der Waals surface area contributed by atoms with Crippen LogP contribution in [0.1, 0.15) is 50.0 Å². The number of anilines is 1. The highest BCUT2D eigenvalue weighted by atomic mass is 19.1. The summed E-state index contributed by atoms with van der Waals surface area (Å²) in [7, 11) is 2.17. The van der Waals surface area contributed by atoms with Crippen LogP contribution in [0.25, 0.3) is 0 Å². The Kier molecular flexibility index (Phi) is 7.61. The van der Waals surface area contributed by atoms with E-state index in [-0.39, 0.29) is 30.0 Å². The number of halogens is 2. The Bertz CT molecular complexity index is 843. The highest BCUT2D eigenvalue weighted by molar-refractivity contribution is 6.00. The molecule has 1 aromatic rings. The highest BCUT2D eigenvalue weighted by Crippen LogP contribution is 2.32. The number of piperidine rings is 1. The van der Waals surface area contributed by atoms with Gasteiger partial charge < -0.3 is 15.5 Å². The van der Waals surface area contributed by atoms with Gasteiger partial charge in [-0.15, -0.1) is 0 Å². The average Bonchev–Trinajstić information content (AvgIpc) is 2.78. The quantitative estimate of drug-likeness (QED) is 0.627. The van der Waals surface area contributed by atoms with Gasteiger partial charge in [0, 0.05) is 57.8 Å². The van der Waals surface area contributed by atoms with Crippen molar-refractivity contribution < 1.29 is 18.4 Å². The topological polar surface area (TPSA) is 81.9 Å². The summed E-state index contributed by atoms with van der Waals surface area (Å²) < 4.78 is 29.9. The van der Waals surface area contributed by atoms with Crippen molar-refractivity contribution in [2.24, 2.45) is 5.73 Å². The van der Waals surface area contributed by atoms with Gasteiger partial charge in [-0.2, -0.15) is 0 Å². The molecule has 2 aliphatic heterocycles. The molecule has 3 fully saturated rings. The number of hydrogen-bond acceptors (Lipinski definition) is 6. The zero-order valence-electron chi connectivity index (χ0n) is 19.4. The Labute approximate surface area is 194 Å². The van der Waals surface area contributed by atoms with E-state index in [9.17, 15) is 18.4 Å². The van der Waals surface area contributed by atoms with E-state index in [1.165, 1.54) is 12.1 Å². The van der Waals surface area contributed by atoms with E-state index in [0.717, 1.165) is 51.9 Å². The molecule has 3 aliphatic rings. The molecular formula is C24H35F2N5O2. The van der Waals surface area contributed by atoms with Crippen molar-refractivity contribution >= 4 is 17.5 Å². The molecule has 7 nitrogen and oxygen atoms in total. The minimum absolute atomic E-state index is 0.0265. The minimum atomic E-state index is -0.700. The summed E-state index contributed by atoms with van der Waals surface area (Å²) in [4.78, 5) is 29.9. The van der Waals surface area contributed by atoms with E-state index in [1.807, 2.05) is 0 Å². The molecule has 0 spiro atoms. The smallest absolute Gasteiger partial charge is 0.234 e. The van der Waals surface area contributed by atoms with Crippen LogP contribution in [0.15, 0.2) is 12.1 Å². The third kappa shape index (κ3) is 5.70. The van der Waals surface area contributed by atoms with Crippen molar-refractivity contribution in [1.29, 1.82) is 0 Å². The van der Waals surface area contributed by atoms with Crippen LogP contribution >= 0.6 is 0 Å². The van der Waals surface area contributed by atoms with Crippen molar-refractivity contribution in [2.45, 2.75) is 56.5 Å². The normalized spacial score (nSPS) is 27.2. The van der Waals surface area contributed by atoms with Crippen molar-refractivity contribution in [3.8, 4) is 0 Å². The zero-order chi connectivity index (χ0) is 23.5. The van der Waals surface area contributed by atoms with E-state index < -0.39 is 23.5 Å². The molecule has 3 N–H and O–H groups in total. The summed E-state index contributed by atoms with van der Waals surface area (Å²) >= 11 is 0. The number of nitrogens with one attached hydrogen (secondary N) is 1. The van der Waals surface area contributed by atoms with Gasteiger partial charge in [0.05, 0.1) is 5.92 Å². The molecule has 1 aliphatic carbocycles. The fourth-order valence-electron chi connectivity index (χ4n) is 5.32. The molecule has 1 atom stereocenters. The average molecular weight is 464 g/mol. The van der Waals surface area contributed by atoms with Crippen LogP contribution in [0.5, 0.6) is 0 Å². The first-order valence-corrected chi connectivity index (χ1v) is 12.1. The minimum Gasteiger partial charge on any atom is -0.364 e. The summed E-state index contributed by atoms with van der Waals surface area (Å²) in [5.74, 6) is -2.85. The number of amides is 2. The van der Waals surface area contributed by atoms with Gasteiger partial charge in [-0.05, 0) is 56.8 Å². The van der Waals surface area contributed by atoms with Crippen LogP contribution in [0, 0.1) is 11.6 Å². The first-order valence-electron chi connectivity index (χ1n) is 12.1. The van der Waals surface area contributed by atoms with E-state index in [4.69, 9.17) is 5.73 Å². The second-order valence-corrected chi connectivity index (χ2v) is 9.71. The summed E-state index contributed by atoms with van der Waals surface area (Å²) in [5.41, 5.74) is 6.27. The predicted octanol–water partition coefficient (Wildman–Crippen LogP) is 1.81. The van der Waals surface area contributed by atoms with Crippen LogP contribution in [0.3, 0.4) is 0 Å². The number of benzene rings is 1. The monoisotopic (exact) mass is 463 g/mol. The first-order chi connectivity index (χ1) is 15.8. The molecule has 0 bridgehead atoms. The molecular weight excluding hydrogens is 428 g/mol. The Morgan fingerprint density at radius 2 is 1.67 bits per heavy atom. The summed E-state index contributed by atoms with van der Waals surface area (Å²) in [6.45, 7) is 4.51. The number of carbonyl (C=O) groups excluding carboxylic acids is 2. The van der Waals surface area contributed by atoms with Gasteiger partial charge in [-0.1, -0.05) is 0 Å². The second kappa shape index (κ2) is 10.4. The first kappa shape index (κ1) is 24.0. The second-order valence-electron chi connectivity index (χ2n) is 9.71. The lowest BCUT2D eigenvalue weighted by molar-refractivity contribution is -0.134. The number of nitrogens with two attached hydrogens (primary N) is 1. The van der Waals surface area contributed by atoms with E-state index in [0.29, 0.717) is 25.2 Å². The Balaban J connectivity index is 1.30. The molecule has 2 saturated heterocycles. The third-order valence-electron chi connectivity index (χ3n) is 7.50. The molecule has 0 aromatic heterocycles. The van der Waals surface area contributed by atoms with Gasteiger partial charge >= 0.3 is 0 Å². The molecule has 33 heavy (non-hydrogen) atoms. The standard InChI is InChI=1S/C24H35F2N5O2/c1-29(18-4-2-17(27)3-5-18)8-9-30-10-12-31(13-11-30)23-20(25)14-16(15-21(23)26)19-6-7-22(32)28-24(19)33/h14-15,17-19H,2-13,27H2,1H3,(H,28,32,33). The number of imide groups is 1. The summed E-state index contributed by atoms with van der Waals surface area (Å²) in [5, 5.41) is 2.24. The number of piperazine rings is 1. The van der Waals surface area contributed by atoms with Gasteiger partial charge in [-0.25, -0.2) is 8.78 Å². The SMILES string of the molecule is CN(CCN1CCN(c2c(F)cc(C3CCC(=O)NC3=O)cc2F)CC1)C1CCC(N)CC1. The number of likely N-dealkylation sites (N-methyl/N-ethyl adjacent to an activating group) is 1. The molecule has 182 valence electrons. The summed E-state index contributed by atoms with van der Waals surface area (Å²) in [6, 6.07) is 3.44. The van der Waals surface area contributed by atoms with Crippen molar-refractivity contribution in [3.63, 3.8) is 0 Å². The molecule has 0 radical (unpaired) electrons. The highest BCUT2D eigenvalue weighted by Gasteiger charge is 2.31. The van der Waals surface area contributed by atoms with Crippen molar-refractivity contribution in [3.05, 3.63) is 29.3 Å². The maximum atomic E-state index is 14.9. The number of carbonyl (C=O) groups is 2. The van der Waals surface area contributed by atoms with Gasteiger partial charge in [-0.3, -0.25) is 19.8 Å². The van der Waals surface area contributed by atoms with Gasteiger partial charge in [0.15, 0.2) is 0 Å².